The number of hydrogen-bond donors (Lipinski definition) is 0. The summed E-state index contributed by atoms with van der Waals surface area (Å²) >= 11 is 0. The van der Waals surface area contributed by atoms with Gasteiger partial charge in [-0.3, -0.25) is 4.79 Å². The molecule has 0 amide bonds. The number of esters is 1. The van der Waals surface area contributed by atoms with Gasteiger partial charge in [0, 0.05) is 13.5 Å². The second-order valence-electron chi connectivity index (χ2n) is 4.90. The standard InChI is InChI=1S/C16H20O4/c1-11-9-15(18-2)13(16(17)19-3)10-14(11)20-12-7-5-4-6-8-12/h4-9,13-15H,10H2,1-3H3/t13-,14+,15+/m1/s1. The molecule has 0 saturated heterocycles. The van der Waals surface area contributed by atoms with E-state index >= 15 is 0 Å². The van der Waals surface area contributed by atoms with E-state index in [-0.39, 0.29) is 24.1 Å². The van der Waals surface area contributed by atoms with E-state index in [9.17, 15) is 4.79 Å². The minimum absolute atomic E-state index is 0.132. The van der Waals surface area contributed by atoms with Crippen molar-refractivity contribution in [1.82, 2.24) is 0 Å². The molecular formula is C16H20O4. The minimum atomic E-state index is -0.331. The largest absolute Gasteiger partial charge is 0.486 e. The molecule has 1 aromatic rings. The van der Waals surface area contributed by atoms with Crippen LogP contribution in [0.15, 0.2) is 42.0 Å². The second-order valence-corrected chi connectivity index (χ2v) is 4.90. The van der Waals surface area contributed by atoms with Gasteiger partial charge in [-0.2, -0.15) is 0 Å². The molecule has 20 heavy (non-hydrogen) atoms. The zero-order chi connectivity index (χ0) is 14.5. The van der Waals surface area contributed by atoms with Gasteiger partial charge in [-0.25, -0.2) is 0 Å². The predicted molar refractivity (Wildman–Crippen MR) is 75.5 cm³/mol. The van der Waals surface area contributed by atoms with Crippen molar-refractivity contribution in [3.05, 3.63) is 42.0 Å². The summed E-state index contributed by atoms with van der Waals surface area (Å²) in [6, 6.07) is 9.60. The molecule has 3 atom stereocenters. The van der Waals surface area contributed by atoms with E-state index in [0.29, 0.717) is 6.42 Å². The van der Waals surface area contributed by atoms with Crippen molar-refractivity contribution < 1.29 is 19.0 Å². The van der Waals surface area contributed by atoms with Gasteiger partial charge in [0.15, 0.2) is 0 Å². The summed E-state index contributed by atoms with van der Waals surface area (Å²) in [7, 11) is 3.00. The van der Waals surface area contributed by atoms with Crippen LogP contribution in [-0.4, -0.2) is 32.4 Å². The molecular weight excluding hydrogens is 256 g/mol. The first kappa shape index (κ1) is 14.6. The zero-order valence-electron chi connectivity index (χ0n) is 12.0. The lowest BCUT2D eigenvalue weighted by atomic mass is 9.85. The van der Waals surface area contributed by atoms with E-state index in [0.717, 1.165) is 11.3 Å². The number of methoxy groups -OCH3 is 2. The Balaban J connectivity index is 2.16. The van der Waals surface area contributed by atoms with Gasteiger partial charge in [0.05, 0.1) is 19.1 Å². The van der Waals surface area contributed by atoms with Gasteiger partial charge in [-0.15, -0.1) is 0 Å². The Morgan fingerprint density at radius 1 is 1.20 bits per heavy atom. The summed E-state index contributed by atoms with van der Waals surface area (Å²) in [4.78, 5) is 11.9. The number of rotatable bonds is 4. The minimum Gasteiger partial charge on any atom is -0.486 e. The van der Waals surface area contributed by atoms with E-state index in [4.69, 9.17) is 14.2 Å². The summed E-state index contributed by atoms with van der Waals surface area (Å²) in [5, 5.41) is 0. The number of ether oxygens (including phenoxy) is 3. The van der Waals surface area contributed by atoms with Crippen molar-refractivity contribution in [3.8, 4) is 5.75 Å². The fraction of sp³-hybridized carbons (Fsp3) is 0.438. The Morgan fingerprint density at radius 3 is 2.50 bits per heavy atom. The molecule has 0 heterocycles. The SMILES string of the molecule is COC(=O)[C@@H]1C[C@H](Oc2ccccc2)C(C)=C[C@@H]1OC. The van der Waals surface area contributed by atoms with Crippen LogP contribution in [0.2, 0.25) is 0 Å². The third kappa shape index (κ3) is 3.20. The maximum Gasteiger partial charge on any atom is 0.311 e. The molecule has 1 aliphatic rings. The van der Waals surface area contributed by atoms with Crippen LogP contribution in [0.3, 0.4) is 0 Å². The fourth-order valence-corrected chi connectivity index (χ4v) is 2.45. The molecule has 2 rings (SSSR count). The molecule has 108 valence electrons. The van der Waals surface area contributed by atoms with E-state index in [1.165, 1.54) is 7.11 Å². The molecule has 1 aliphatic carbocycles. The second kappa shape index (κ2) is 6.57. The first-order valence-electron chi connectivity index (χ1n) is 6.66. The first-order chi connectivity index (χ1) is 9.65. The molecule has 0 aliphatic heterocycles. The Bertz CT molecular complexity index is 481. The average Bonchev–Trinajstić information content (AvgIpc) is 2.49. The number of carbonyl (C=O) groups excluding carboxylic acids is 1. The van der Waals surface area contributed by atoms with Gasteiger partial charge in [-0.1, -0.05) is 24.3 Å². The van der Waals surface area contributed by atoms with Gasteiger partial charge in [0.1, 0.15) is 11.9 Å². The summed E-state index contributed by atoms with van der Waals surface area (Å²) < 4.78 is 16.2. The number of para-hydroxylation sites is 1. The Hall–Kier alpha value is -1.81. The van der Waals surface area contributed by atoms with E-state index in [1.807, 2.05) is 43.3 Å². The Kier molecular flexibility index (Phi) is 4.79. The quantitative estimate of drug-likeness (QED) is 0.626. The third-order valence-electron chi connectivity index (χ3n) is 3.60. The molecule has 0 radical (unpaired) electrons. The van der Waals surface area contributed by atoms with Crippen LogP contribution in [-0.2, 0) is 14.3 Å². The summed E-state index contributed by atoms with van der Waals surface area (Å²) in [5.41, 5.74) is 1.07. The van der Waals surface area contributed by atoms with Crippen molar-refractivity contribution in [2.24, 2.45) is 5.92 Å². The molecule has 0 spiro atoms. The van der Waals surface area contributed by atoms with E-state index < -0.39 is 0 Å². The van der Waals surface area contributed by atoms with Crippen LogP contribution in [0, 0.1) is 5.92 Å². The summed E-state index contributed by atoms with van der Waals surface area (Å²) in [6.45, 7) is 1.99. The van der Waals surface area contributed by atoms with Crippen LogP contribution in [0.4, 0.5) is 0 Å². The van der Waals surface area contributed by atoms with Crippen molar-refractivity contribution in [3.63, 3.8) is 0 Å². The zero-order valence-corrected chi connectivity index (χ0v) is 12.0. The molecule has 1 aromatic carbocycles. The first-order valence-corrected chi connectivity index (χ1v) is 6.66. The van der Waals surface area contributed by atoms with Crippen LogP contribution in [0.5, 0.6) is 5.75 Å². The Labute approximate surface area is 119 Å². The highest BCUT2D eigenvalue weighted by Crippen LogP contribution is 2.30. The number of carbonyl (C=O) groups is 1. The van der Waals surface area contributed by atoms with Gasteiger partial charge >= 0.3 is 5.97 Å². The van der Waals surface area contributed by atoms with Crippen molar-refractivity contribution in [2.75, 3.05) is 14.2 Å². The van der Waals surface area contributed by atoms with Crippen LogP contribution in [0.1, 0.15) is 13.3 Å². The molecule has 0 unspecified atom stereocenters. The van der Waals surface area contributed by atoms with Crippen molar-refractivity contribution >= 4 is 5.97 Å². The van der Waals surface area contributed by atoms with Crippen LogP contribution in [0.25, 0.3) is 0 Å². The smallest absolute Gasteiger partial charge is 0.311 e. The number of hydrogen-bond acceptors (Lipinski definition) is 4. The normalized spacial score (nSPS) is 25.8. The molecule has 0 N–H and O–H groups in total. The monoisotopic (exact) mass is 276 g/mol. The topological polar surface area (TPSA) is 44.8 Å². The maximum absolute atomic E-state index is 11.9. The molecule has 4 heteroatoms. The molecule has 0 saturated carbocycles. The van der Waals surface area contributed by atoms with Crippen LogP contribution < -0.4 is 4.74 Å². The highest BCUT2D eigenvalue weighted by atomic mass is 16.5. The Morgan fingerprint density at radius 2 is 1.90 bits per heavy atom. The van der Waals surface area contributed by atoms with E-state index in [2.05, 4.69) is 0 Å². The predicted octanol–water partition coefficient (Wildman–Crippen LogP) is 2.59. The fourth-order valence-electron chi connectivity index (χ4n) is 2.45. The maximum atomic E-state index is 11.9. The van der Waals surface area contributed by atoms with E-state index in [1.54, 1.807) is 7.11 Å². The van der Waals surface area contributed by atoms with Crippen LogP contribution >= 0.6 is 0 Å². The highest BCUT2D eigenvalue weighted by Gasteiger charge is 2.36. The molecule has 0 aromatic heterocycles. The summed E-state index contributed by atoms with van der Waals surface area (Å²) in [5.74, 6) is 0.203. The molecule has 0 bridgehead atoms. The lowest BCUT2D eigenvalue weighted by molar-refractivity contribution is -0.150. The molecule has 0 fully saturated rings. The van der Waals surface area contributed by atoms with Gasteiger partial charge in [-0.05, 0) is 24.6 Å². The van der Waals surface area contributed by atoms with Gasteiger partial charge < -0.3 is 14.2 Å². The third-order valence-corrected chi connectivity index (χ3v) is 3.60. The van der Waals surface area contributed by atoms with Crippen molar-refractivity contribution in [1.29, 1.82) is 0 Å². The average molecular weight is 276 g/mol. The highest BCUT2D eigenvalue weighted by molar-refractivity contribution is 5.74. The van der Waals surface area contributed by atoms with Gasteiger partial charge in [0.25, 0.3) is 0 Å². The van der Waals surface area contributed by atoms with Crippen molar-refractivity contribution in [2.45, 2.75) is 25.6 Å². The number of benzene rings is 1. The van der Waals surface area contributed by atoms with Gasteiger partial charge in [0.2, 0.25) is 0 Å². The lowest BCUT2D eigenvalue weighted by Gasteiger charge is -2.32. The molecule has 4 nitrogen and oxygen atoms in total. The lowest BCUT2D eigenvalue weighted by Crippen LogP contribution is -2.39. The summed E-state index contributed by atoms with van der Waals surface area (Å²) in [6.07, 6.45) is 2.12.